The summed E-state index contributed by atoms with van der Waals surface area (Å²) < 4.78 is 0. The van der Waals surface area contributed by atoms with Crippen molar-refractivity contribution in [2.45, 2.75) is 32.8 Å². The number of aromatic amines is 1. The first-order valence-corrected chi connectivity index (χ1v) is 7.25. The van der Waals surface area contributed by atoms with E-state index in [4.69, 9.17) is 0 Å². The second-order valence-corrected chi connectivity index (χ2v) is 5.78. The molecule has 1 aliphatic rings. The second-order valence-electron chi connectivity index (χ2n) is 5.78. The van der Waals surface area contributed by atoms with Crippen LogP contribution in [0.25, 0.3) is 0 Å². The summed E-state index contributed by atoms with van der Waals surface area (Å²) in [6.45, 7) is 7.05. The van der Waals surface area contributed by atoms with Crippen molar-refractivity contribution in [3.63, 3.8) is 0 Å². The molecule has 6 nitrogen and oxygen atoms in total. The molecule has 20 heavy (non-hydrogen) atoms. The van der Waals surface area contributed by atoms with Gasteiger partial charge >= 0.3 is 0 Å². The molecule has 0 radical (unpaired) electrons. The number of aryl methyl sites for hydroxylation is 1. The van der Waals surface area contributed by atoms with Crippen LogP contribution in [0.2, 0.25) is 0 Å². The number of likely N-dealkylation sites (tertiary alicyclic amines) is 1. The van der Waals surface area contributed by atoms with E-state index in [1.165, 1.54) is 12.8 Å². The molecule has 0 saturated carbocycles. The van der Waals surface area contributed by atoms with Gasteiger partial charge in [0.1, 0.15) is 5.69 Å². The fraction of sp³-hybridized carbons (Fsp3) is 0.714. The van der Waals surface area contributed by atoms with E-state index in [1.807, 2.05) is 6.92 Å². The zero-order valence-corrected chi connectivity index (χ0v) is 12.2. The summed E-state index contributed by atoms with van der Waals surface area (Å²) in [5.41, 5.74) is 1.21. The zero-order chi connectivity index (χ0) is 14.5. The first-order valence-electron chi connectivity index (χ1n) is 7.25. The third-order valence-electron chi connectivity index (χ3n) is 3.78. The van der Waals surface area contributed by atoms with Gasteiger partial charge in [-0.05, 0) is 44.8 Å². The predicted molar refractivity (Wildman–Crippen MR) is 76.5 cm³/mol. The molecule has 1 saturated heterocycles. The van der Waals surface area contributed by atoms with Crippen LogP contribution < -0.4 is 5.32 Å². The Labute approximate surface area is 119 Å². The van der Waals surface area contributed by atoms with Gasteiger partial charge in [-0.15, -0.1) is 0 Å². The number of hydrogen-bond acceptors (Lipinski definition) is 4. The molecule has 3 N–H and O–H groups in total. The normalized spacial score (nSPS) is 18.9. The van der Waals surface area contributed by atoms with Gasteiger partial charge in [-0.3, -0.25) is 9.89 Å². The summed E-state index contributed by atoms with van der Waals surface area (Å²) in [5, 5.41) is 19.3. The van der Waals surface area contributed by atoms with Crippen LogP contribution in [0.5, 0.6) is 0 Å². The van der Waals surface area contributed by atoms with E-state index in [-0.39, 0.29) is 12.5 Å². The van der Waals surface area contributed by atoms with Gasteiger partial charge in [0.2, 0.25) is 0 Å². The summed E-state index contributed by atoms with van der Waals surface area (Å²) in [4.78, 5) is 14.0. The lowest BCUT2D eigenvalue weighted by atomic mass is 9.99. The Morgan fingerprint density at radius 1 is 1.60 bits per heavy atom. The molecular formula is C14H24N4O2. The van der Waals surface area contributed by atoms with Crippen molar-refractivity contribution < 1.29 is 9.90 Å². The maximum absolute atomic E-state index is 11.8. The maximum atomic E-state index is 11.8. The number of H-pyrrole nitrogens is 1. The van der Waals surface area contributed by atoms with Crippen molar-refractivity contribution in [2.24, 2.45) is 5.92 Å². The number of aromatic nitrogens is 2. The largest absolute Gasteiger partial charge is 0.390 e. The van der Waals surface area contributed by atoms with E-state index in [0.717, 1.165) is 24.7 Å². The lowest BCUT2D eigenvalue weighted by Gasteiger charge is -2.31. The van der Waals surface area contributed by atoms with Crippen LogP contribution in [-0.4, -0.2) is 58.4 Å². The fourth-order valence-corrected chi connectivity index (χ4v) is 2.44. The Bertz CT molecular complexity index is 438. The highest BCUT2D eigenvalue weighted by atomic mass is 16.3. The Morgan fingerprint density at radius 2 is 2.30 bits per heavy atom. The molecule has 1 amide bonds. The quantitative estimate of drug-likeness (QED) is 0.735. The fourth-order valence-electron chi connectivity index (χ4n) is 2.44. The van der Waals surface area contributed by atoms with E-state index in [2.05, 4.69) is 27.3 Å². The topological polar surface area (TPSA) is 81.2 Å². The van der Waals surface area contributed by atoms with E-state index >= 15 is 0 Å². The highest BCUT2D eigenvalue weighted by molar-refractivity contribution is 5.92. The van der Waals surface area contributed by atoms with Crippen molar-refractivity contribution >= 4 is 5.91 Å². The molecule has 2 rings (SSSR count). The molecule has 1 atom stereocenters. The smallest absolute Gasteiger partial charge is 0.271 e. The minimum Gasteiger partial charge on any atom is -0.390 e. The van der Waals surface area contributed by atoms with Crippen LogP contribution in [0.4, 0.5) is 0 Å². The van der Waals surface area contributed by atoms with Crippen molar-refractivity contribution in [3.8, 4) is 0 Å². The summed E-state index contributed by atoms with van der Waals surface area (Å²) >= 11 is 0. The van der Waals surface area contributed by atoms with E-state index in [0.29, 0.717) is 12.2 Å². The number of rotatable bonds is 5. The van der Waals surface area contributed by atoms with Gasteiger partial charge in [-0.1, -0.05) is 6.92 Å². The third-order valence-corrected chi connectivity index (χ3v) is 3.78. The van der Waals surface area contributed by atoms with Gasteiger partial charge in [-0.25, -0.2) is 0 Å². The number of β-amino-alcohol motifs (C(OH)–C–C–N with tert-alkyl or cyclic N) is 1. The van der Waals surface area contributed by atoms with Crippen LogP contribution in [0.1, 0.15) is 35.9 Å². The van der Waals surface area contributed by atoms with E-state index < -0.39 is 6.10 Å². The summed E-state index contributed by atoms with van der Waals surface area (Å²) in [5.74, 6) is 0.534. The van der Waals surface area contributed by atoms with Gasteiger partial charge < -0.3 is 15.3 Å². The van der Waals surface area contributed by atoms with Gasteiger partial charge in [0.05, 0.1) is 6.10 Å². The van der Waals surface area contributed by atoms with Crippen molar-refractivity contribution in [1.82, 2.24) is 20.4 Å². The molecule has 1 fully saturated rings. The maximum Gasteiger partial charge on any atom is 0.271 e. The lowest BCUT2D eigenvalue weighted by Crippen LogP contribution is -2.43. The van der Waals surface area contributed by atoms with Gasteiger partial charge in [0.25, 0.3) is 5.91 Å². The van der Waals surface area contributed by atoms with Crippen LogP contribution in [0.3, 0.4) is 0 Å². The Kier molecular flexibility index (Phi) is 5.14. The minimum atomic E-state index is -0.535. The first-order chi connectivity index (χ1) is 9.54. The Morgan fingerprint density at radius 3 is 2.90 bits per heavy atom. The average Bonchev–Trinajstić information content (AvgIpc) is 2.85. The van der Waals surface area contributed by atoms with Crippen LogP contribution in [0.15, 0.2) is 6.07 Å². The molecule has 1 aromatic heterocycles. The molecule has 0 spiro atoms. The van der Waals surface area contributed by atoms with Crippen molar-refractivity contribution in [3.05, 3.63) is 17.5 Å². The molecule has 2 heterocycles. The zero-order valence-electron chi connectivity index (χ0n) is 12.2. The van der Waals surface area contributed by atoms with E-state index in [9.17, 15) is 9.90 Å². The highest BCUT2D eigenvalue weighted by Gasteiger charge is 2.19. The molecule has 0 bridgehead atoms. The van der Waals surface area contributed by atoms with Gasteiger partial charge in [0, 0.05) is 18.8 Å². The first kappa shape index (κ1) is 15.0. The van der Waals surface area contributed by atoms with Crippen LogP contribution in [0, 0.1) is 12.8 Å². The number of carbonyl (C=O) groups is 1. The minimum absolute atomic E-state index is 0.249. The highest BCUT2D eigenvalue weighted by Crippen LogP contribution is 2.15. The van der Waals surface area contributed by atoms with Gasteiger partial charge in [-0.2, -0.15) is 5.10 Å². The molecular weight excluding hydrogens is 256 g/mol. The molecule has 0 aromatic carbocycles. The molecule has 0 aliphatic carbocycles. The number of piperidine rings is 1. The molecule has 112 valence electrons. The van der Waals surface area contributed by atoms with Crippen molar-refractivity contribution in [2.75, 3.05) is 26.2 Å². The predicted octanol–water partition coefficient (Wildman–Crippen LogP) is 0.541. The standard InChI is InChI=1S/C14H24N4O2/c1-10-3-5-18(6-4-10)9-12(19)8-15-14(20)13-7-11(2)16-17-13/h7,10,12,19H,3-6,8-9H2,1-2H3,(H,15,20)(H,16,17). The summed E-state index contributed by atoms with van der Waals surface area (Å²) in [7, 11) is 0. The second kappa shape index (κ2) is 6.85. The number of nitrogens with zero attached hydrogens (tertiary/aromatic N) is 2. The lowest BCUT2D eigenvalue weighted by molar-refractivity contribution is 0.0792. The number of aliphatic hydroxyl groups is 1. The average molecular weight is 280 g/mol. The molecule has 1 unspecified atom stereocenters. The number of amides is 1. The SMILES string of the molecule is Cc1cc(C(=O)NCC(O)CN2CCC(C)CC2)n[nH]1. The number of aliphatic hydroxyl groups excluding tert-OH is 1. The van der Waals surface area contributed by atoms with Crippen LogP contribution in [-0.2, 0) is 0 Å². The number of nitrogens with one attached hydrogen (secondary N) is 2. The van der Waals surface area contributed by atoms with Crippen molar-refractivity contribution in [1.29, 1.82) is 0 Å². The third kappa shape index (κ3) is 4.31. The Hall–Kier alpha value is -1.40. The van der Waals surface area contributed by atoms with Crippen LogP contribution >= 0.6 is 0 Å². The Balaban J connectivity index is 1.69. The molecule has 1 aromatic rings. The summed E-state index contributed by atoms with van der Waals surface area (Å²) in [6, 6.07) is 1.69. The monoisotopic (exact) mass is 280 g/mol. The molecule has 1 aliphatic heterocycles. The number of carbonyl (C=O) groups excluding carboxylic acids is 1. The summed E-state index contributed by atoms with van der Waals surface area (Å²) in [6.07, 6.45) is 1.84. The number of hydrogen-bond donors (Lipinski definition) is 3. The van der Waals surface area contributed by atoms with E-state index in [1.54, 1.807) is 6.07 Å². The van der Waals surface area contributed by atoms with Gasteiger partial charge in [0.15, 0.2) is 0 Å². The molecule has 6 heteroatoms.